The number of hydrogen-bond donors (Lipinski definition) is 4. The topological polar surface area (TPSA) is 152 Å². The van der Waals surface area contributed by atoms with Gasteiger partial charge in [-0.25, -0.2) is 18.1 Å². The molecule has 6 rings (SSSR count). The molecular formula is C28H30F2N6O5S. The molecule has 14 heteroatoms. The van der Waals surface area contributed by atoms with Gasteiger partial charge in [0.2, 0.25) is 0 Å². The van der Waals surface area contributed by atoms with Crippen LogP contribution in [-0.2, 0) is 4.74 Å². The van der Waals surface area contributed by atoms with Crippen molar-refractivity contribution in [1.29, 1.82) is 0 Å². The molecule has 1 aliphatic heterocycles. The summed E-state index contributed by atoms with van der Waals surface area (Å²) in [6, 6.07) is 10.8. The Bertz CT molecular complexity index is 1520. The zero-order valence-corrected chi connectivity index (χ0v) is 23.1. The number of aromatic nitrogens is 6. The van der Waals surface area contributed by atoms with Crippen LogP contribution in [0.4, 0.5) is 8.78 Å². The van der Waals surface area contributed by atoms with E-state index in [4.69, 9.17) is 4.74 Å². The second-order valence-corrected chi connectivity index (χ2v) is 11.8. The van der Waals surface area contributed by atoms with Gasteiger partial charge in [-0.05, 0) is 37.1 Å². The largest absolute Gasteiger partial charge is 0.394 e. The van der Waals surface area contributed by atoms with Gasteiger partial charge in [-0.3, -0.25) is 0 Å². The van der Waals surface area contributed by atoms with E-state index in [1.54, 1.807) is 47.3 Å². The summed E-state index contributed by atoms with van der Waals surface area (Å²) in [5.41, 5.74) is 0.152. The lowest BCUT2D eigenvalue weighted by Crippen LogP contribution is -2.55. The fourth-order valence-corrected chi connectivity index (χ4v) is 7.18. The van der Waals surface area contributed by atoms with Gasteiger partial charge in [0.1, 0.15) is 52.8 Å². The van der Waals surface area contributed by atoms with Crippen molar-refractivity contribution in [2.45, 2.75) is 66.4 Å². The van der Waals surface area contributed by atoms with E-state index in [-0.39, 0.29) is 11.3 Å². The molecule has 3 heterocycles. The molecule has 42 heavy (non-hydrogen) atoms. The highest BCUT2D eigenvalue weighted by atomic mass is 32.2. The van der Waals surface area contributed by atoms with Gasteiger partial charge in [0, 0.05) is 16.4 Å². The Morgan fingerprint density at radius 3 is 2.02 bits per heavy atom. The van der Waals surface area contributed by atoms with Crippen molar-refractivity contribution in [3.63, 3.8) is 0 Å². The van der Waals surface area contributed by atoms with Gasteiger partial charge < -0.3 is 25.2 Å². The highest BCUT2D eigenvalue weighted by Gasteiger charge is 2.48. The van der Waals surface area contributed by atoms with Gasteiger partial charge >= 0.3 is 0 Å². The lowest BCUT2D eigenvalue weighted by atomic mass is 9.92. The van der Waals surface area contributed by atoms with Gasteiger partial charge in [0.15, 0.2) is 0 Å². The maximum absolute atomic E-state index is 14.3. The lowest BCUT2D eigenvalue weighted by molar-refractivity contribution is -0.178. The molecule has 0 bridgehead atoms. The number of halogens is 2. The summed E-state index contributed by atoms with van der Waals surface area (Å²) in [5, 5.41) is 59.6. The standard InChI is InChI=1S/C28H30F2N6O5S/c29-17-8-3-1-6-15(17)19-12-35(33-31-19)21-10-5-11-23(25(21)38)42-28-27(40)24(26(39)22(14-37)41-28)36-13-20(32-34-36)16-7-2-4-9-18(16)30/h1-4,6-9,12-13,21-28,37-40H,5,10-11,14H2/t21-,22+,23+,24-,25+,26-,27+,28-/m0/s1. The molecule has 222 valence electrons. The Balaban J connectivity index is 1.20. The number of benzene rings is 2. The minimum absolute atomic E-state index is 0.215. The molecule has 1 aliphatic carbocycles. The number of thioether (sulfide) groups is 1. The van der Waals surface area contributed by atoms with Crippen molar-refractivity contribution in [1.82, 2.24) is 30.0 Å². The molecule has 2 aromatic carbocycles. The predicted octanol–water partition coefficient (Wildman–Crippen LogP) is 2.35. The average Bonchev–Trinajstić information content (AvgIpc) is 3.67. The van der Waals surface area contributed by atoms with Crippen LogP contribution in [0.1, 0.15) is 31.3 Å². The maximum Gasteiger partial charge on any atom is 0.132 e. The number of aliphatic hydroxyl groups is 4. The minimum Gasteiger partial charge on any atom is -0.394 e. The van der Waals surface area contributed by atoms with Crippen molar-refractivity contribution >= 4 is 11.8 Å². The van der Waals surface area contributed by atoms with Crippen LogP contribution >= 0.6 is 11.8 Å². The molecule has 0 unspecified atom stereocenters. The van der Waals surface area contributed by atoms with Crippen LogP contribution in [0.15, 0.2) is 60.9 Å². The number of nitrogens with zero attached hydrogens (tertiary/aromatic N) is 6. The van der Waals surface area contributed by atoms with Crippen molar-refractivity contribution < 1.29 is 33.9 Å². The SMILES string of the molecule is OC[C@H]1O[C@@H](S[C@@H]2CCC[C@H](n3cc(-c4ccccc4F)nn3)[C@H]2O)[C@H](O)[C@@H](n2cc(-c3ccccc3F)nn2)[C@H]1O. The third-order valence-corrected chi connectivity index (χ3v) is 9.41. The summed E-state index contributed by atoms with van der Waals surface area (Å²) in [5.74, 6) is -0.914. The fourth-order valence-electron chi connectivity index (χ4n) is 5.67. The average molecular weight is 601 g/mol. The Hall–Kier alpha value is -3.27. The number of aliphatic hydroxyl groups excluding tert-OH is 4. The van der Waals surface area contributed by atoms with E-state index in [9.17, 15) is 29.2 Å². The van der Waals surface area contributed by atoms with E-state index in [0.29, 0.717) is 24.1 Å². The van der Waals surface area contributed by atoms with Crippen molar-refractivity contribution in [3.05, 3.63) is 72.6 Å². The van der Waals surface area contributed by atoms with Crippen LogP contribution in [0.2, 0.25) is 0 Å². The molecule has 0 spiro atoms. The van der Waals surface area contributed by atoms with Crippen LogP contribution in [-0.4, -0.2) is 92.1 Å². The third-order valence-electron chi connectivity index (χ3n) is 7.89. The molecule has 2 aliphatic rings. The molecule has 0 amide bonds. The minimum atomic E-state index is -1.34. The smallest absolute Gasteiger partial charge is 0.132 e. The lowest BCUT2D eigenvalue weighted by Gasteiger charge is -2.44. The number of rotatable bonds is 7. The Kier molecular flexibility index (Phi) is 8.34. The summed E-state index contributed by atoms with van der Waals surface area (Å²) in [6.45, 7) is -0.524. The van der Waals surface area contributed by atoms with Crippen LogP contribution < -0.4 is 0 Å². The first-order valence-corrected chi connectivity index (χ1v) is 14.6. The predicted molar refractivity (Wildman–Crippen MR) is 148 cm³/mol. The van der Waals surface area contributed by atoms with E-state index in [1.165, 1.54) is 34.8 Å². The molecule has 1 saturated carbocycles. The molecule has 1 saturated heterocycles. The molecular weight excluding hydrogens is 570 g/mol. The van der Waals surface area contributed by atoms with Crippen LogP contribution in [0.25, 0.3) is 22.5 Å². The van der Waals surface area contributed by atoms with E-state index in [1.807, 2.05) is 0 Å². The second-order valence-electron chi connectivity index (χ2n) is 10.5. The summed E-state index contributed by atoms with van der Waals surface area (Å²) in [7, 11) is 0. The third kappa shape index (κ3) is 5.45. The molecule has 4 N–H and O–H groups in total. The molecule has 2 aromatic heterocycles. The summed E-state index contributed by atoms with van der Waals surface area (Å²) >= 11 is 1.20. The van der Waals surface area contributed by atoms with Crippen molar-refractivity contribution in [2.24, 2.45) is 0 Å². The first-order chi connectivity index (χ1) is 20.4. The van der Waals surface area contributed by atoms with Gasteiger partial charge in [-0.15, -0.1) is 22.0 Å². The van der Waals surface area contributed by atoms with E-state index >= 15 is 0 Å². The van der Waals surface area contributed by atoms with Crippen molar-refractivity contribution in [3.8, 4) is 22.5 Å². The fraction of sp³-hybridized carbons (Fsp3) is 0.429. The van der Waals surface area contributed by atoms with Gasteiger partial charge in [0.25, 0.3) is 0 Å². The van der Waals surface area contributed by atoms with Crippen LogP contribution in [0, 0.1) is 11.6 Å². The van der Waals surface area contributed by atoms with Gasteiger partial charge in [-0.2, -0.15) is 0 Å². The van der Waals surface area contributed by atoms with E-state index in [2.05, 4.69) is 20.6 Å². The van der Waals surface area contributed by atoms with Crippen LogP contribution in [0.3, 0.4) is 0 Å². The highest BCUT2D eigenvalue weighted by molar-refractivity contribution is 8.00. The first-order valence-electron chi connectivity index (χ1n) is 13.6. The second kappa shape index (κ2) is 12.1. The highest BCUT2D eigenvalue weighted by Crippen LogP contribution is 2.42. The molecule has 8 atom stereocenters. The normalized spacial score (nSPS) is 30.0. The Morgan fingerprint density at radius 1 is 0.810 bits per heavy atom. The molecule has 0 radical (unpaired) electrons. The summed E-state index contributed by atoms with van der Waals surface area (Å²) in [6.07, 6.45) is 0.396. The van der Waals surface area contributed by atoms with Gasteiger partial charge in [0.05, 0.1) is 31.1 Å². The number of ether oxygens (including phenoxy) is 1. The van der Waals surface area contributed by atoms with E-state index in [0.717, 1.165) is 6.42 Å². The zero-order chi connectivity index (χ0) is 29.4. The summed E-state index contributed by atoms with van der Waals surface area (Å²) in [4.78, 5) is 0. The molecule has 4 aromatic rings. The summed E-state index contributed by atoms with van der Waals surface area (Å²) < 4.78 is 37.3. The van der Waals surface area contributed by atoms with Gasteiger partial charge in [-0.1, -0.05) is 41.1 Å². The number of hydrogen-bond acceptors (Lipinski definition) is 10. The Morgan fingerprint density at radius 2 is 1.40 bits per heavy atom. The van der Waals surface area contributed by atoms with Crippen molar-refractivity contribution in [2.75, 3.05) is 6.61 Å². The first kappa shape index (κ1) is 28.8. The Labute approximate surface area is 243 Å². The maximum atomic E-state index is 14.3. The molecule has 2 fully saturated rings. The monoisotopic (exact) mass is 600 g/mol. The molecule has 11 nitrogen and oxygen atoms in total. The quantitative estimate of drug-likeness (QED) is 0.249. The zero-order valence-electron chi connectivity index (χ0n) is 22.3. The van der Waals surface area contributed by atoms with Crippen LogP contribution in [0.5, 0.6) is 0 Å². The van der Waals surface area contributed by atoms with E-state index < -0.39 is 65.4 Å².